The maximum Gasteiger partial charge on any atom is 0.255 e. The molecule has 1 aromatic heterocycles. The van der Waals surface area contributed by atoms with Crippen LogP contribution >= 0.6 is 0 Å². The van der Waals surface area contributed by atoms with Crippen LogP contribution in [0.25, 0.3) is 0 Å². The highest BCUT2D eigenvalue weighted by Gasteiger charge is 2.48. The van der Waals surface area contributed by atoms with E-state index in [0.717, 1.165) is 31.2 Å². The van der Waals surface area contributed by atoms with Gasteiger partial charge in [0.15, 0.2) is 0 Å². The molecule has 2 saturated heterocycles. The zero-order chi connectivity index (χ0) is 20.4. The molecule has 0 bridgehead atoms. The summed E-state index contributed by atoms with van der Waals surface area (Å²) in [5, 5.41) is 0. The van der Waals surface area contributed by atoms with Gasteiger partial charge in [-0.15, -0.1) is 0 Å². The lowest BCUT2D eigenvalue weighted by Crippen LogP contribution is -2.51. The van der Waals surface area contributed by atoms with E-state index >= 15 is 0 Å². The van der Waals surface area contributed by atoms with Crippen molar-refractivity contribution in [1.82, 2.24) is 14.8 Å². The molecule has 0 saturated carbocycles. The van der Waals surface area contributed by atoms with Crippen molar-refractivity contribution >= 4 is 11.8 Å². The molecule has 3 heterocycles. The van der Waals surface area contributed by atoms with Gasteiger partial charge in [0.05, 0.1) is 17.6 Å². The summed E-state index contributed by atoms with van der Waals surface area (Å²) in [6, 6.07) is 9.87. The number of carbonyl (C=O) groups excluding carboxylic acids is 2. The highest BCUT2D eigenvalue weighted by Crippen LogP contribution is 2.40. The van der Waals surface area contributed by atoms with Gasteiger partial charge in [-0.3, -0.25) is 14.6 Å². The minimum Gasteiger partial charge on any atom is -0.337 e. The van der Waals surface area contributed by atoms with Gasteiger partial charge in [0.2, 0.25) is 5.91 Å². The summed E-state index contributed by atoms with van der Waals surface area (Å²) in [6.07, 6.45) is 7.07. The van der Waals surface area contributed by atoms with Crippen LogP contribution in [0.4, 0.5) is 4.39 Å². The van der Waals surface area contributed by atoms with Crippen molar-refractivity contribution in [2.45, 2.75) is 50.6 Å². The molecule has 3 atom stereocenters. The average Bonchev–Trinajstić information content (AvgIpc) is 3.06. The van der Waals surface area contributed by atoms with Crippen molar-refractivity contribution in [3.63, 3.8) is 0 Å². The Morgan fingerprint density at radius 3 is 2.69 bits per heavy atom. The number of hydrogen-bond donors (Lipinski definition) is 0. The lowest BCUT2D eigenvalue weighted by molar-refractivity contribution is -0.132. The first-order valence-electron chi connectivity index (χ1n) is 10.3. The number of halogens is 1. The SMILES string of the molecule is CC(=O)N1CCCCC[C@@H]2[C@@H]1[C@H](c1cccc(F)c1)CN2C(=O)c1cccnc1. The van der Waals surface area contributed by atoms with Crippen molar-refractivity contribution in [3.05, 3.63) is 65.7 Å². The van der Waals surface area contributed by atoms with Crippen molar-refractivity contribution < 1.29 is 14.0 Å². The third-order valence-electron chi connectivity index (χ3n) is 6.21. The van der Waals surface area contributed by atoms with Gasteiger partial charge in [0.25, 0.3) is 5.91 Å². The monoisotopic (exact) mass is 395 g/mol. The molecule has 0 spiro atoms. The summed E-state index contributed by atoms with van der Waals surface area (Å²) in [4.78, 5) is 33.7. The molecule has 2 aliphatic heterocycles. The van der Waals surface area contributed by atoms with Crippen LogP contribution in [0.3, 0.4) is 0 Å². The van der Waals surface area contributed by atoms with Gasteiger partial charge in [0, 0.05) is 38.3 Å². The number of amides is 2. The van der Waals surface area contributed by atoms with Gasteiger partial charge in [-0.25, -0.2) is 4.39 Å². The van der Waals surface area contributed by atoms with E-state index in [4.69, 9.17) is 0 Å². The fourth-order valence-corrected chi connectivity index (χ4v) is 4.92. The second kappa shape index (κ2) is 8.31. The maximum absolute atomic E-state index is 14.0. The molecule has 2 fully saturated rings. The first-order chi connectivity index (χ1) is 14.1. The van der Waals surface area contributed by atoms with E-state index in [2.05, 4.69) is 4.98 Å². The number of carbonyl (C=O) groups is 2. The van der Waals surface area contributed by atoms with Gasteiger partial charge < -0.3 is 9.80 Å². The molecule has 2 aliphatic rings. The maximum atomic E-state index is 14.0. The molecular weight excluding hydrogens is 369 g/mol. The van der Waals surface area contributed by atoms with Crippen LogP contribution in [-0.4, -0.2) is 51.8 Å². The van der Waals surface area contributed by atoms with E-state index in [9.17, 15) is 14.0 Å². The molecule has 2 aromatic rings. The van der Waals surface area contributed by atoms with Crippen LogP contribution in [0.15, 0.2) is 48.8 Å². The Kier molecular flexibility index (Phi) is 5.60. The quantitative estimate of drug-likeness (QED) is 0.780. The number of fused-ring (bicyclic) bond motifs is 1. The largest absolute Gasteiger partial charge is 0.337 e. The molecule has 6 heteroatoms. The molecule has 5 nitrogen and oxygen atoms in total. The number of hydrogen-bond acceptors (Lipinski definition) is 3. The van der Waals surface area contributed by atoms with E-state index < -0.39 is 0 Å². The molecule has 29 heavy (non-hydrogen) atoms. The van der Waals surface area contributed by atoms with Gasteiger partial charge >= 0.3 is 0 Å². The highest BCUT2D eigenvalue weighted by molar-refractivity contribution is 5.94. The van der Waals surface area contributed by atoms with Gasteiger partial charge in [-0.05, 0) is 42.7 Å². The Balaban J connectivity index is 1.76. The summed E-state index contributed by atoms with van der Waals surface area (Å²) in [5.74, 6) is -0.468. The Hall–Kier alpha value is -2.76. The molecule has 1 aromatic carbocycles. The lowest BCUT2D eigenvalue weighted by atomic mass is 9.86. The van der Waals surface area contributed by atoms with E-state index in [0.29, 0.717) is 18.7 Å². The first kappa shape index (κ1) is 19.6. The topological polar surface area (TPSA) is 53.5 Å². The fourth-order valence-electron chi connectivity index (χ4n) is 4.92. The fraction of sp³-hybridized carbons (Fsp3) is 0.435. The predicted octanol–water partition coefficient (Wildman–Crippen LogP) is 3.62. The summed E-state index contributed by atoms with van der Waals surface area (Å²) >= 11 is 0. The summed E-state index contributed by atoms with van der Waals surface area (Å²) in [6.45, 7) is 2.74. The number of rotatable bonds is 2. The Morgan fingerprint density at radius 1 is 1.10 bits per heavy atom. The summed E-state index contributed by atoms with van der Waals surface area (Å²) in [7, 11) is 0. The Morgan fingerprint density at radius 2 is 1.97 bits per heavy atom. The Labute approximate surface area is 170 Å². The van der Waals surface area contributed by atoms with E-state index in [-0.39, 0.29) is 35.6 Å². The molecule has 4 rings (SSSR count). The number of aromatic nitrogens is 1. The van der Waals surface area contributed by atoms with Gasteiger partial charge in [-0.2, -0.15) is 0 Å². The lowest BCUT2D eigenvalue weighted by Gasteiger charge is -2.38. The second-order valence-electron chi connectivity index (χ2n) is 7.98. The van der Waals surface area contributed by atoms with E-state index in [1.54, 1.807) is 37.5 Å². The van der Waals surface area contributed by atoms with Crippen LogP contribution in [0, 0.1) is 5.82 Å². The zero-order valence-electron chi connectivity index (χ0n) is 16.6. The summed E-state index contributed by atoms with van der Waals surface area (Å²) in [5.41, 5.74) is 1.39. The number of likely N-dealkylation sites (tertiary alicyclic amines) is 2. The van der Waals surface area contributed by atoms with Crippen LogP contribution in [-0.2, 0) is 4.79 Å². The number of nitrogens with zero attached hydrogens (tertiary/aromatic N) is 3. The third-order valence-corrected chi connectivity index (χ3v) is 6.21. The molecule has 0 aliphatic carbocycles. The summed E-state index contributed by atoms with van der Waals surface area (Å²) < 4.78 is 14.0. The van der Waals surface area contributed by atoms with Crippen LogP contribution in [0.5, 0.6) is 0 Å². The molecule has 152 valence electrons. The number of benzene rings is 1. The van der Waals surface area contributed by atoms with E-state index in [1.165, 1.54) is 12.1 Å². The molecular formula is C23H26FN3O2. The predicted molar refractivity (Wildman–Crippen MR) is 108 cm³/mol. The minimum absolute atomic E-state index is 0.0129. The third kappa shape index (κ3) is 3.88. The molecule has 2 amide bonds. The van der Waals surface area contributed by atoms with Crippen molar-refractivity contribution in [1.29, 1.82) is 0 Å². The van der Waals surface area contributed by atoms with Crippen LogP contribution in [0.1, 0.15) is 54.4 Å². The van der Waals surface area contributed by atoms with Crippen LogP contribution in [0.2, 0.25) is 0 Å². The smallest absolute Gasteiger partial charge is 0.255 e. The van der Waals surface area contributed by atoms with Crippen molar-refractivity contribution in [2.24, 2.45) is 0 Å². The average molecular weight is 395 g/mol. The van der Waals surface area contributed by atoms with Crippen molar-refractivity contribution in [3.8, 4) is 0 Å². The number of pyridine rings is 1. The highest BCUT2D eigenvalue weighted by atomic mass is 19.1. The van der Waals surface area contributed by atoms with Crippen molar-refractivity contribution in [2.75, 3.05) is 13.1 Å². The molecule has 0 radical (unpaired) electrons. The second-order valence-corrected chi connectivity index (χ2v) is 7.98. The normalized spacial score (nSPS) is 24.6. The standard InChI is InChI=1S/C23H26FN3O2/c1-16(28)26-12-4-2-3-10-21-22(26)20(17-7-5-9-19(24)13-17)15-27(21)23(29)18-8-6-11-25-14-18/h5-9,11,13-14,20-22H,2-4,10,12,15H2,1H3/t20-,21+,22-/m0/s1. The molecule has 0 N–H and O–H groups in total. The first-order valence-corrected chi connectivity index (χ1v) is 10.3. The molecule has 0 unspecified atom stereocenters. The van der Waals surface area contributed by atoms with E-state index in [1.807, 2.05) is 15.9 Å². The minimum atomic E-state index is -0.295. The van der Waals surface area contributed by atoms with Gasteiger partial charge in [0.1, 0.15) is 5.82 Å². The zero-order valence-corrected chi connectivity index (χ0v) is 16.6. The Bertz CT molecular complexity index is 889. The van der Waals surface area contributed by atoms with Crippen LogP contribution < -0.4 is 0 Å². The van der Waals surface area contributed by atoms with Gasteiger partial charge in [-0.1, -0.05) is 25.0 Å².